The van der Waals surface area contributed by atoms with Gasteiger partial charge in [0.05, 0.1) is 24.4 Å². The first-order chi connectivity index (χ1) is 21.8. The zero-order chi connectivity index (χ0) is 31.1. The fourth-order valence-electron chi connectivity index (χ4n) is 7.95. The third kappa shape index (κ3) is 6.08. The zero-order valence-corrected chi connectivity index (χ0v) is 27.1. The number of benzene rings is 1. The second kappa shape index (κ2) is 12.4. The average Bonchev–Trinajstić information content (AvgIpc) is 3.67. The molecule has 0 unspecified atom stereocenters. The normalized spacial score (nSPS) is 25.6. The highest BCUT2D eigenvalue weighted by molar-refractivity contribution is 6.03. The SMILES string of the molecule is COc1cc(C(=O)N[C@H]2CC[C@@H](N3CCN(C)CC3)CC2)ccc1Nc1ncc2c(n1)N(C1CCCC1)CC1(CC1)C(=O)N2C. The lowest BCUT2D eigenvalue weighted by Crippen LogP contribution is -2.51. The van der Waals surface area contributed by atoms with E-state index in [1.165, 1.54) is 12.8 Å². The molecule has 1 aromatic heterocycles. The molecule has 5 aliphatic rings. The smallest absolute Gasteiger partial charge is 0.251 e. The third-order valence-electron chi connectivity index (χ3n) is 11.0. The molecule has 11 nitrogen and oxygen atoms in total. The Morgan fingerprint density at radius 2 is 1.71 bits per heavy atom. The maximum absolute atomic E-state index is 13.4. The minimum atomic E-state index is -0.296. The quantitative estimate of drug-likeness (QED) is 0.477. The minimum absolute atomic E-state index is 0.0712. The number of ether oxygens (including phenoxy) is 1. The summed E-state index contributed by atoms with van der Waals surface area (Å²) < 4.78 is 5.72. The highest BCUT2D eigenvalue weighted by atomic mass is 16.5. The van der Waals surface area contributed by atoms with E-state index in [2.05, 4.69) is 37.4 Å². The second-order valence-electron chi connectivity index (χ2n) is 14.0. The van der Waals surface area contributed by atoms with Crippen molar-refractivity contribution in [1.82, 2.24) is 25.1 Å². The Labute approximate surface area is 266 Å². The number of hydrogen-bond acceptors (Lipinski definition) is 9. The van der Waals surface area contributed by atoms with Gasteiger partial charge in [0, 0.05) is 63.5 Å². The van der Waals surface area contributed by atoms with E-state index in [-0.39, 0.29) is 23.3 Å². The maximum atomic E-state index is 13.4. The lowest BCUT2D eigenvalue weighted by molar-refractivity contribution is -0.122. The van der Waals surface area contributed by atoms with Gasteiger partial charge in [0.25, 0.3) is 5.91 Å². The Hall–Kier alpha value is -3.44. The van der Waals surface area contributed by atoms with Gasteiger partial charge in [-0.2, -0.15) is 4.98 Å². The molecule has 2 aliphatic heterocycles. The Morgan fingerprint density at radius 1 is 0.978 bits per heavy atom. The van der Waals surface area contributed by atoms with Gasteiger partial charge in [-0.05, 0) is 76.6 Å². The van der Waals surface area contributed by atoms with Gasteiger partial charge in [-0.1, -0.05) is 12.8 Å². The molecule has 3 heterocycles. The Morgan fingerprint density at radius 3 is 2.40 bits per heavy atom. The fourth-order valence-corrected chi connectivity index (χ4v) is 7.95. The van der Waals surface area contributed by atoms with Crippen LogP contribution in [-0.2, 0) is 4.79 Å². The van der Waals surface area contributed by atoms with Crippen molar-refractivity contribution in [2.24, 2.45) is 5.41 Å². The fraction of sp³-hybridized carbons (Fsp3) is 0.647. The number of methoxy groups -OCH3 is 1. The number of carbonyl (C=O) groups excluding carboxylic acids is 2. The van der Waals surface area contributed by atoms with E-state index in [1.54, 1.807) is 24.3 Å². The van der Waals surface area contributed by atoms with Gasteiger partial charge in [-0.3, -0.25) is 14.5 Å². The average molecular weight is 617 g/mol. The van der Waals surface area contributed by atoms with Gasteiger partial charge < -0.3 is 30.1 Å². The van der Waals surface area contributed by atoms with E-state index in [1.807, 2.05) is 19.2 Å². The van der Waals surface area contributed by atoms with Crippen molar-refractivity contribution in [3.63, 3.8) is 0 Å². The number of nitrogens with one attached hydrogen (secondary N) is 2. The van der Waals surface area contributed by atoms with Gasteiger partial charge in [-0.25, -0.2) is 4.98 Å². The lowest BCUT2D eigenvalue weighted by atomic mass is 9.89. The molecule has 0 radical (unpaired) electrons. The van der Waals surface area contributed by atoms with Gasteiger partial charge in [0.1, 0.15) is 11.4 Å². The first-order valence-electron chi connectivity index (χ1n) is 16.9. The van der Waals surface area contributed by atoms with Crippen LogP contribution in [0.25, 0.3) is 0 Å². The van der Waals surface area contributed by atoms with Gasteiger partial charge in [0.2, 0.25) is 11.9 Å². The summed E-state index contributed by atoms with van der Waals surface area (Å²) in [6.45, 7) is 5.28. The summed E-state index contributed by atoms with van der Waals surface area (Å²) in [4.78, 5) is 45.4. The van der Waals surface area contributed by atoms with Crippen LogP contribution in [0.5, 0.6) is 5.75 Å². The van der Waals surface area contributed by atoms with Crippen LogP contribution in [-0.4, -0.2) is 104 Å². The first-order valence-corrected chi connectivity index (χ1v) is 16.9. The molecule has 4 fully saturated rings. The highest BCUT2D eigenvalue weighted by Gasteiger charge is 2.55. The minimum Gasteiger partial charge on any atom is -0.495 e. The van der Waals surface area contributed by atoms with Gasteiger partial charge in [-0.15, -0.1) is 0 Å². The number of anilines is 4. The third-order valence-corrected chi connectivity index (χ3v) is 11.0. The molecule has 2 N–H and O–H groups in total. The molecular weight excluding hydrogens is 568 g/mol. The number of fused-ring (bicyclic) bond motifs is 1. The van der Waals surface area contributed by atoms with E-state index in [0.29, 0.717) is 35.0 Å². The number of piperazine rings is 1. The standard InChI is InChI=1S/C34H48N8O3/c1-39-16-18-41(19-17-39)25-11-9-24(10-12-25)36-31(43)23-8-13-27(29(20-23)45-3)37-33-35-21-28-30(38-33)42(26-6-4-5-7-26)22-34(14-15-34)32(44)40(28)2/h8,13,20-21,24-26H,4-7,9-12,14-19,22H2,1-3H3,(H,36,43)(H,35,37,38)/t24-,25+. The van der Waals surface area contributed by atoms with Crippen LogP contribution in [0.1, 0.15) is 74.6 Å². The maximum Gasteiger partial charge on any atom is 0.251 e. The number of hydrogen-bond donors (Lipinski definition) is 2. The zero-order valence-electron chi connectivity index (χ0n) is 27.1. The molecular formula is C34H48N8O3. The number of amides is 2. The molecule has 45 heavy (non-hydrogen) atoms. The number of rotatable bonds is 7. The summed E-state index contributed by atoms with van der Waals surface area (Å²) in [5.74, 6) is 1.91. The second-order valence-corrected chi connectivity index (χ2v) is 14.0. The van der Waals surface area contributed by atoms with Crippen LogP contribution < -0.4 is 25.2 Å². The van der Waals surface area contributed by atoms with Crippen LogP contribution in [0, 0.1) is 5.41 Å². The van der Waals surface area contributed by atoms with Crippen molar-refractivity contribution in [2.45, 2.75) is 82.3 Å². The van der Waals surface area contributed by atoms with E-state index in [0.717, 1.165) is 95.6 Å². The summed E-state index contributed by atoms with van der Waals surface area (Å²) in [6, 6.07) is 6.68. The Balaban J connectivity index is 1.03. The molecule has 1 spiro atoms. The predicted molar refractivity (Wildman–Crippen MR) is 176 cm³/mol. The molecule has 0 bridgehead atoms. The van der Waals surface area contributed by atoms with Crippen LogP contribution in [0.3, 0.4) is 0 Å². The molecule has 242 valence electrons. The van der Waals surface area contributed by atoms with Crippen molar-refractivity contribution < 1.29 is 14.3 Å². The molecule has 11 heteroatoms. The topological polar surface area (TPSA) is 106 Å². The van der Waals surface area contributed by atoms with Crippen LogP contribution in [0.4, 0.5) is 23.1 Å². The molecule has 0 atom stereocenters. The van der Waals surface area contributed by atoms with Gasteiger partial charge in [0.15, 0.2) is 5.82 Å². The summed E-state index contributed by atoms with van der Waals surface area (Å²) >= 11 is 0. The number of likely N-dealkylation sites (N-methyl/N-ethyl adjacent to an activating group) is 1. The first kappa shape index (κ1) is 30.2. The number of aromatic nitrogens is 2. The van der Waals surface area contributed by atoms with Crippen molar-refractivity contribution in [1.29, 1.82) is 0 Å². The van der Waals surface area contributed by atoms with Crippen LogP contribution >= 0.6 is 0 Å². The monoisotopic (exact) mass is 616 g/mol. The van der Waals surface area contributed by atoms with Crippen LogP contribution in [0.2, 0.25) is 0 Å². The van der Waals surface area contributed by atoms with Gasteiger partial charge >= 0.3 is 0 Å². The molecule has 2 aromatic rings. The lowest BCUT2D eigenvalue weighted by Gasteiger charge is -2.41. The highest BCUT2D eigenvalue weighted by Crippen LogP contribution is 2.52. The molecule has 3 saturated carbocycles. The van der Waals surface area contributed by atoms with Crippen LogP contribution in [0.15, 0.2) is 24.4 Å². The van der Waals surface area contributed by atoms with Crippen molar-refractivity contribution in [2.75, 3.05) is 69.0 Å². The van der Waals surface area contributed by atoms with Crippen molar-refractivity contribution >= 4 is 35.0 Å². The summed E-state index contributed by atoms with van der Waals surface area (Å²) in [5, 5.41) is 6.61. The van der Waals surface area contributed by atoms with Crippen molar-refractivity contribution in [3.8, 4) is 5.75 Å². The predicted octanol–water partition coefficient (Wildman–Crippen LogP) is 4.02. The summed E-state index contributed by atoms with van der Waals surface area (Å²) in [7, 11) is 5.65. The summed E-state index contributed by atoms with van der Waals surface area (Å²) in [5.41, 5.74) is 1.72. The number of carbonyl (C=O) groups is 2. The Bertz CT molecular complexity index is 1410. The molecule has 1 aromatic carbocycles. The molecule has 2 amide bonds. The molecule has 7 rings (SSSR count). The number of nitrogens with zero attached hydrogens (tertiary/aromatic N) is 6. The van der Waals surface area contributed by atoms with E-state index in [9.17, 15) is 9.59 Å². The Kier molecular flexibility index (Phi) is 8.33. The van der Waals surface area contributed by atoms with E-state index in [4.69, 9.17) is 9.72 Å². The summed E-state index contributed by atoms with van der Waals surface area (Å²) in [6.07, 6.45) is 12.6. The van der Waals surface area contributed by atoms with E-state index < -0.39 is 0 Å². The van der Waals surface area contributed by atoms with Crippen molar-refractivity contribution in [3.05, 3.63) is 30.0 Å². The van der Waals surface area contributed by atoms with E-state index >= 15 is 0 Å². The largest absolute Gasteiger partial charge is 0.495 e. The molecule has 3 aliphatic carbocycles. The molecule has 1 saturated heterocycles.